The summed E-state index contributed by atoms with van der Waals surface area (Å²) in [4.78, 5) is 0. The molecule has 1 rings (SSSR count). The zero-order valence-corrected chi connectivity index (χ0v) is 10.5. The maximum Gasteiger partial charge on any atom is 0.0584 e. The highest BCUT2D eigenvalue weighted by molar-refractivity contribution is 4.81. The number of hydrogen-bond donors (Lipinski definition) is 2. The van der Waals surface area contributed by atoms with Crippen LogP contribution in [-0.4, -0.2) is 23.8 Å². The molecule has 3 atom stereocenters. The van der Waals surface area contributed by atoms with Crippen LogP contribution in [0.5, 0.6) is 0 Å². The van der Waals surface area contributed by atoms with E-state index in [4.69, 9.17) is 0 Å². The Balaban J connectivity index is 2.35. The van der Waals surface area contributed by atoms with E-state index in [1.165, 1.54) is 25.7 Å². The van der Waals surface area contributed by atoms with Gasteiger partial charge in [-0.15, -0.1) is 0 Å². The van der Waals surface area contributed by atoms with Gasteiger partial charge in [-0.1, -0.05) is 33.6 Å². The molecular weight excluding hydrogens is 186 g/mol. The maximum absolute atomic E-state index is 9.33. The minimum Gasteiger partial charge on any atom is -0.395 e. The SMILES string of the molecule is CC(C)C[C@H](CO)N[C@@H]1CCCC[C@H]1C. The van der Waals surface area contributed by atoms with Crippen molar-refractivity contribution >= 4 is 0 Å². The van der Waals surface area contributed by atoms with E-state index in [1.807, 2.05) is 0 Å². The van der Waals surface area contributed by atoms with E-state index in [0.717, 1.165) is 12.3 Å². The topological polar surface area (TPSA) is 32.3 Å². The van der Waals surface area contributed by atoms with Gasteiger partial charge in [-0.3, -0.25) is 0 Å². The Morgan fingerprint density at radius 2 is 1.93 bits per heavy atom. The summed E-state index contributed by atoms with van der Waals surface area (Å²) in [6.07, 6.45) is 6.45. The molecule has 1 fully saturated rings. The van der Waals surface area contributed by atoms with Crippen LogP contribution in [0.1, 0.15) is 52.9 Å². The van der Waals surface area contributed by atoms with Gasteiger partial charge in [0, 0.05) is 12.1 Å². The van der Waals surface area contributed by atoms with Crippen molar-refractivity contribution in [3.63, 3.8) is 0 Å². The van der Waals surface area contributed by atoms with E-state index in [0.29, 0.717) is 18.0 Å². The molecule has 1 aliphatic rings. The number of aliphatic hydroxyl groups is 1. The van der Waals surface area contributed by atoms with Crippen molar-refractivity contribution in [3.8, 4) is 0 Å². The van der Waals surface area contributed by atoms with Crippen LogP contribution in [-0.2, 0) is 0 Å². The molecule has 1 saturated carbocycles. The largest absolute Gasteiger partial charge is 0.395 e. The van der Waals surface area contributed by atoms with Gasteiger partial charge in [0.25, 0.3) is 0 Å². The highest BCUT2D eigenvalue weighted by Gasteiger charge is 2.23. The number of hydrogen-bond acceptors (Lipinski definition) is 2. The van der Waals surface area contributed by atoms with Crippen LogP contribution < -0.4 is 5.32 Å². The zero-order chi connectivity index (χ0) is 11.3. The van der Waals surface area contributed by atoms with Crippen LogP contribution in [0, 0.1) is 11.8 Å². The fourth-order valence-electron chi connectivity index (χ4n) is 2.63. The summed E-state index contributed by atoms with van der Waals surface area (Å²) in [5, 5.41) is 13.0. The molecule has 0 amide bonds. The Labute approximate surface area is 94.5 Å². The summed E-state index contributed by atoms with van der Waals surface area (Å²) in [6.45, 7) is 7.05. The first-order valence-corrected chi connectivity index (χ1v) is 6.50. The van der Waals surface area contributed by atoms with Gasteiger partial charge in [-0.2, -0.15) is 0 Å². The van der Waals surface area contributed by atoms with Gasteiger partial charge in [0.1, 0.15) is 0 Å². The molecule has 2 N–H and O–H groups in total. The predicted molar refractivity (Wildman–Crippen MR) is 64.9 cm³/mol. The second kappa shape index (κ2) is 6.49. The normalized spacial score (nSPS) is 29.4. The molecule has 2 nitrogen and oxygen atoms in total. The van der Waals surface area contributed by atoms with E-state index in [-0.39, 0.29) is 6.61 Å². The molecular formula is C13H27NO. The molecule has 2 heteroatoms. The second-order valence-electron chi connectivity index (χ2n) is 5.54. The number of aliphatic hydroxyl groups excluding tert-OH is 1. The standard InChI is InChI=1S/C13H27NO/c1-10(2)8-12(9-15)14-13-7-5-4-6-11(13)3/h10-15H,4-9H2,1-3H3/t11-,12-,13-/m1/s1. The van der Waals surface area contributed by atoms with E-state index in [9.17, 15) is 5.11 Å². The van der Waals surface area contributed by atoms with Crippen LogP contribution >= 0.6 is 0 Å². The van der Waals surface area contributed by atoms with Crippen molar-refractivity contribution in [2.75, 3.05) is 6.61 Å². The first-order valence-electron chi connectivity index (χ1n) is 6.50. The molecule has 0 aromatic carbocycles. The second-order valence-corrected chi connectivity index (χ2v) is 5.54. The molecule has 0 bridgehead atoms. The van der Waals surface area contributed by atoms with E-state index < -0.39 is 0 Å². The fraction of sp³-hybridized carbons (Fsp3) is 1.00. The molecule has 0 aromatic heterocycles. The van der Waals surface area contributed by atoms with Gasteiger partial charge < -0.3 is 10.4 Å². The fourth-order valence-corrected chi connectivity index (χ4v) is 2.63. The summed E-state index contributed by atoms with van der Waals surface area (Å²) in [6, 6.07) is 0.935. The van der Waals surface area contributed by atoms with Gasteiger partial charge in [0.05, 0.1) is 6.61 Å². The van der Waals surface area contributed by atoms with Gasteiger partial charge in [0.15, 0.2) is 0 Å². The predicted octanol–water partition coefficient (Wildman–Crippen LogP) is 2.56. The van der Waals surface area contributed by atoms with Crippen LogP contribution in [0.4, 0.5) is 0 Å². The molecule has 1 aliphatic carbocycles. The van der Waals surface area contributed by atoms with Gasteiger partial charge in [-0.25, -0.2) is 0 Å². The third kappa shape index (κ3) is 4.52. The number of rotatable bonds is 5. The van der Waals surface area contributed by atoms with Crippen molar-refractivity contribution < 1.29 is 5.11 Å². The average Bonchev–Trinajstić information content (AvgIpc) is 2.19. The third-order valence-corrected chi connectivity index (χ3v) is 3.54. The van der Waals surface area contributed by atoms with E-state index in [2.05, 4.69) is 26.1 Å². The van der Waals surface area contributed by atoms with Crippen LogP contribution in [0.25, 0.3) is 0 Å². The maximum atomic E-state index is 9.33. The highest BCUT2D eigenvalue weighted by atomic mass is 16.3. The Bertz CT molecular complexity index is 170. The van der Waals surface area contributed by atoms with Crippen LogP contribution in [0.3, 0.4) is 0 Å². The Morgan fingerprint density at radius 1 is 1.27 bits per heavy atom. The van der Waals surface area contributed by atoms with Gasteiger partial charge >= 0.3 is 0 Å². The summed E-state index contributed by atoms with van der Waals surface area (Å²) in [5.41, 5.74) is 0. The van der Waals surface area contributed by atoms with E-state index >= 15 is 0 Å². The summed E-state index contributed by atoms with van der Waals surface area (Å²) in [5.74, 6) is 1.44. The first kappa shape index (κ1) is 13.0. The molecule has 0 heterocycles. The first-order chi connectivity index (χ1) is 7.13. The monoisotopic (exact) mass is 213 g/mol. The van der Waals surface area contributed by atoms with Crippen LogP contribution in [0.2, 0.25) is 0 Å². The zero-order valence-electron chi connectivity index (χ0n) is 10.5. The third-order valence-electron chi connectivity index (χ3n) is 3.54. The van der Waals surface area contributed by atoms with Crippen molar-refractivity contribution in [2.45, 2.75) is 65.0 Å². The smallest absolute Gasteiger partial charge is 0.0584 e. The minimum absolute atomic E-state index is 0.279. The Kier molecular flexibility index (Phi) is 5.62. The lowest BCUT2D eigenvalue weighted by Gasteiger charge is -2.33. The summed E-state index contributed by atoms with van der Waals surface area (Å²) < 4.78 is 0. The highest BCUT2D eigenvalue weighted by Crippen LogP contribution is 2.24. The molecule has 0 radical (unpaired) electrons. The quantitative estimate of drug-likeness (QED) is 0.735. The van der Waals surface area contributed by atoms with Gasteiger partial charge in [-0.05, 0) is 31.1 Å². The molecule has 90 valence electrons. The molecule has 0 saturated heterocycles. The average molecular weight is 213 g/mol. The molecule has 0 spiro atoms. The minimum atomic E-state index is 0.279. The lowest BCUT2D eigenvalue weighted by Crippen LogP contribution is -2.45. The Morgan fingerprint density at radius 3 is 2.47 bits per heavy atom. The van der Waals surface area contributed by atoms with Crippen LogP contribution in [0.15, 0.2) is 0 Å². The molecule has 0 aliphatic heterocycles. The van der Waals surface area contributed by atoms with Gasteiger partial charge in [0.2, 0.25) is 0 Å². The molecule has 0 unspecified atom stereocenters. The molecule has 15 heavy (non-hydrogen) atoms. The molecule has 0 aromatic rings. The van der Waals surface area contributed by atoms with Crippen molar-refractivity contribution in [3.05, 3.63) is 0 Å². The van der Waals surface area contributed by atoms with E-state index in [1.54, 1.807) is 0 Å². The van der Waals surface area contributed by atoms with Crippen molar-refractivity contribution in [1.29, 1.82) is 0 Å². The van der Waals surface area contributed by atoms with Crippen molar-refractivity contribution in [1.82, 2.24) is 5.32 Å². The lowest BCUT2D eigenvalue weighted by molar-refractivity contribution is 0.181. The summed E-state index contributed by atoms with van der Waals surface area (Å²) >= 11 is 0. The summed E-state index contributed by atoms with van der Waals surface area (Å²) in [7, 11) is 0. The Hall–Kier alpha value is -0.0800. The number of nitrogens with one attached hydrogen (secondary N) is 1. The lowest BCUT2D eigenvalue weighted by atomic mass is 9.85. The van der Waals surface area contributed by atoms with Crippen molar-refractivity contribution in [2.24, 2.45) is 11.8 Å².